The summed E-state index contributed by atoms with van der Waals surface area (Å²) in [6.45, 7) is 4.50. The summed E-state index contributed by atoms with van der Waals surface area (Å²) in [5.74, 6) is -1.68. The van der Waals surface area contributed by atoms with Gasteiger partial charge in [0.1, 0.15) is 0 Å². The lowest BCUT2D eigenvalue weighted by molar-refractivity contribution is 0.0678. The van der Waals surface area contributed by atoms with E-state index < -0.39 is 11.9 Å². The molecule has 1 unspecified atom stereocenters. The van der Waals surface area contributed by atoms with Crippen molar-refractivity contribution in [3.63, 3.8) is 0 Å². The van der Waals surface area contributed by atoms with Gasteiger partial charge in [-0.05, 0) is 19.9 Å². The van der Waals surface area contributed by atoms with E-state index in [9.17, 15) is 9.59 Å². The van der Waals surface area contributed by atoms with Crippen molar-refractivity contribution in [3.05, 3.63) is 35.4 Å². The second kappa shape index (κ2) is 5.78. The van der Waals surface area contributed by atoms with Crippen LogP contribution in [0, 0.1) is 0 Å². The van der Waals surface area contributed by atoms with Gasteiger partial charge in [-0.25, -0.2) is 4.79 Å². The molecule has 0 aliphatic carbocycles. The standard InChI is InChI=1S/C13H17N5O3/c1-4-18-6-5-10(16-18)8(2)15-12(19)9-7-14-17(3)11(9)13(20)21/h5-8H,4H2,1-3H3,(H,15,19)(H,20,21). The Hall–Kier alpha value is -2.64. The number of carbonyl (C=O) groups excluding carboxylic acids is 1. The quantitative estimate of drug-likeness (QED) is 0.849. The number of nitrogens with zero attached hydrogens (tertiary/aromatic N) is 4. The van der Waals surface area contributed by atoms with E-state index in [1.807, 2.05) is 19.2 Å². The lowest BCUT2D eigenvalue weighted by Crippen LogP contribution is -2.28. The number of carbonyl (C=O) groups is 2. The predicted octanol–water partition coefficient (Wildman–Crippen LogP) is 0.826. The van der Waals surface area contributed by atoms with Gasteiger partial charge in [0.05, 0.1) is 23.5 Å². The minimum Gasteiger partial charge on any atom is -0.477 e. The van der Waals surface area contributed by atoms with Crippen molar-refractivity contribution in [1.82, 2.24) is 24.9 Å². The van der Waals surface area contributed by atoms with Crippen molar-refractivity contribution >= 4 is 11.9 Å². The molecule has 8 heteroatoms. The fourth-order valence-electron chi connectivity index (χ4n) is 1.99. The molecule has 8 nitrogen and oxygen atoms in total. The summed E-state index contributed by atoms with van der Waals surface area (Å²) >= 11 is 0. The van der Waals surface area contributed by atoms with Crippen LogP contribution in [0.5, 0.6) is 0 Å². The summed E-state index contributed by atoms with van der Waals surface area (Å²) in [7, 11) is 1.48. The van der Waals surface area contributed by atoms with Gasteiger partial charge in [-0.15, -0.1) is 0 Å². The summed E-state index contributed by atoms with van der Waals surface area (Å²) in [5, 5.41) is 20.0. The van der Waals surface area contributed by atoms with Gasteiger partial charge in [0.25, 0.3) is 5.91 Å². The molecule has 0 fully saturated rings. The molecule has 0 radical (unpaired) electrons. The molecule has 2 aromatic heterocycles. The Morgan fingerprint density at radius 1 is 1.48 bits per heavy atom. The highest BCUT2D eigenvalue weighted by atomic mass is 16.4. The molecule has 0 aliphatic heterocycles. The average Bonchev–Trinajstić information content (AvgIpc) is 3.04. The molecule has 1 amide bonds. The van der Waals surface area contributed by atoms with E-state index in [2.05, 4.69) is 15.5 Å². The second-order valence-corrected chi connectivity index (χ2v) is 4.63. The zero-order valence-corrected chi connectivity index (χ0v) is 12.1. The van der Waals surface area contributed by atoms with Crippen LogP contribution in [-0.4, -0.2) is 36.5 Å². The van der Waals surface area contributed by atoms with Crippen molar-refractivity contribution in [1.29, 1.82) is 0 Å². The smallest absolute Gasteiger partial charge is 0.354 e. The molecule has 21 heavy (non-hydrogen) atoms. The molecular formula is C13H17N5O3. The fourth-order valence-corrected chi connectivity index (χ4v) is 1.99. The minimum absolute atomic E-state index is 0.0341. The number of aryl methyl sites for hydroxylation is 2. The first-order valence-electron chi connectivity index (χ1n) is 6.53. The molecular weight excluding hydrogens is 274 g/mol. The normalized spacial score (nSPS) is 12.1. The highest BCUT2D eigenvalue weighted by Gasteiger charge is 2.23. The predicted molar refractivity (Wildman–Crippen MR) is 73.9 cm³/mol. The van der Waals surface area contributed by atoms with E-state index in [-0.39, 0.29) is 17.3 Å². The van der Waals surface area contributed by atoms with E-state index in [0.717, 1.165) is 11.2 Å². The lowest BCUT2D eigenvalue weighted by Gasteiger charge is -2.11. The maximum absolute atomic E-state index is 12.2. The SMILES string of the molecule is CCn1ccc(C(C)NC(=O)c2cnn(C)c2C(=O)O)n1. The Labute approximate surface area is 121 Å². The van der Waals surface area contributed by atoms with Crippen LogP contribution in [0.1, 0.15) is 46.4 Å². The van der Waals surface area contributed by atoms with Gasteiger partial charge < -0.3 is 10.4 Å². The molecule has 0 bridgehead atoms. The van der Waals surface area contributed by atoms with Gasteiger partial charge in [0, 0.05) is 19.8 Å². The Kier molecular flexibility index (Phi) is 4.06. The third kappa shape index (κ3) is 2.93. The number of amides is 1. The van der Waals surface area contributed by atoms with Crippen LogP contribution in [0.15, 0.2) is 18.5 Å². The number of carboxylic acids is 1. The van der Waals surface area contributed by atoms with Crippen molar-refractivity contribution in [2.24, 2.45) is 7.05 Å². The molecule has 2 aromatic rings. The van der Waals surface area contributed by atoms with Gasteiger partial charge in [-0.2, -0.15) is 10.2 Å². The Bertz CT molecular complexity index is 673. The number of aromatic nitrogens is 4. The van der Waals surface area contributed by atoms with Crippen molar-refractivity contribution in [2.75, 3.05) is 0 Å². The maximum Gasteiger partial charge on any atom is 0.354 e. The first kappa shape index (κ1) is 14.8. The summed E-state index contributed by atoms with van der Waals surface area (Å²) in [6, 6.07) is 1.49. The second-order valence-electron chi connectivity index (χ2n) is 4.63. The van der Waals surface area contributed by atoms with Gasteiger partial charge in [-0.1, -0.05) is 0 Å². The molecule has 0 aromatic carbocycles. The van der Waals surface area contributed by atoms with Crippen molar-refractivity contribution < 1.29 is 14.7 Å². The molecule has 2 N–H and O–H groups in total. The van der Waals surface area contributed by atoms with E-state index in [4.69, 9.17) is 5.11 Å². The highest BCUT2D eigenvalue weighted by Crippen LogP contribution is 2.13. The van der Waals surface area contributed by atoms with Crippen LogP contribution in [0.3, 0.4) is 0 Å². The molecule has 0 saturated carbocycles. The van der Waals surface area contributed by atoms with Crippen molar-refractivity contribution in [2.45, 2.75) is 26.4 Å². The van der Waals surface area contributed by atoms with E-state index in [1.165, 1.54) is 13.2 Å². The van der Waals surface area contributed by atoms with Crippen LogP contribution in [0.2, 0.25) is 0 Å². The van der Waals surface area contributed by atoms with E-state index >= 15 is 0 Å². The third-order valence-corrected chi connectivity index (χ3v) is 3.16. The third-order valence-electron chi connectivity index (χ3n) is 3.16. The van der Waals surface area contributed by atoms with Crippen molar-refractivity contribution in [3.8, 4) is 0 Å². The average molecular weight is 291 g/mol. The number of hydrogen-bond donors (Lipinski definition) is 2. The number of nitrogens with one attached hydrogen (secondary N) is 1. The molecule has 0 spiro atoms. The van der Waals surface area contributed by atoms with Gasteiger partial charge in [-0.3, -0.25) is 14.2 Å². The summed E-state index contributed by atoms with van der Waals surface area (Å²) in [5.41, 5.74) is 0.608. The molecule has 1 atom stereocenters. The van der Waals surface area contributed by atoms with E-state index in [1.54, 1.807) is 11.6 Å². The number of carboxylic acid groups (broad SMARTS) is 1. The largest absolute Gasteiger partial charge is 0.477 e. The minimum atomic E-state index is -1.19. The summed E-state index contributed by atoms with van der Waals surface area (Å²) in [6.07, 6.45) is 3.07. The fraction of sp³-hybridized carbons (Fsp3) is 0.385. The van der Waals surface area contributed by atoms with Crippen LogP contribution >= 0.6 is 0 Å². The topological polar surface area (TPSA) is 102 Å². The Balaban J connectivity index is 2.16. The van der Waals surface area contributed by atoms with E-state index in [0.29, 0.717) is 5.69 Å². The molecule has 0 saturated heterocycles. The maximum atomic E-state index is 12.2. The lowest BCUT2D eigenvalue weighted by atomic mass is 10.2. The highest BCUT2D eigenvalue weighted by molar-refractivity contribution is 6.03. The van der Waals surface area contributed by atoms with Crippen LogP contribution in [-0.2, 0) is 13.6 Å². The zero-order chi connectivity index (χ0) is 15.6. The van der Waals surface area contributed by atoms with Crippen LogP contribution in [0.4, 0.5) is 0 Å². The van der Waals surface area contributed by atoms with Gasteiger partial charge >= 0.3 is 5.97 Å². The summed E-state index contributed by atoms with van der Waals surface area (Å²) < 4.78 is 2.92. The summed E-state index contributed by atoms with van der Waals surface area (Å²) in [4.78, 5) is 23.3. The van der Waals surface area contributed by atoms with Gasteiger partial charge in [0.2, 0.25) is 0 Å². The number of rotatable bonds is 5. The molecule has 2 rings (SSSR count). The molecule has 0 aliphatic rings. The number of hydrogen-bond acceptors (Lipinski definition) is 4. The first-order valence-corrected chi connectivity index (χ1v) is 6.53. The van der Waals surface area contributed by atoms with Crippen LogP contribution < -0.4 is 5.32 Å². The Morgan fingerprint density at radius 2 is 2.19 bits per heavy atom. The monoisotopic (exact) mass is 291 g/mol. The molecule has 112 valence electrons. The van der Waals surface area contributed by atoms with Gasteiger partial charge in [0.15, 0.2) is 5.69 Å². The Morgan fingerprint density at radius 3 is 2.76 bits per heavy atom. The van der Waals surface area contributed by atoms with Crippen LogP contribution in [0.25, 0.3) is 0 Å². The zero-order valence-electron chi connectivity index (χ0n) is 12.1. The molecule has 2 heterocycles. The number of aromatic carboxylic acids is 1. The first-order chi connectivity index (χ1) is 9.93.